The van der Waals surface area contributed by atoms with Gasteiger partial charge < -0.3 is 9.16 Å². The number of rotatable bonds is 6. The molecule has 0 amide bonds. The Balaban J connectivity index is 1.78. The SMILES string of the molecule is COc1nc(Cc2ccc(CO[Si](C)(C)C(C)(C)C)cc2)cc2cnn(C)c(=O)c12. The van der Waals surface area contributed by atoms with E-state index in [-0.39, 0.29) is 10.6 Å². The molecule has 160 valence electrons. The molecule has 3 rings (SSSR count). The fourth-order valence-corrected chi connectivity index (χ4v) is 3.92. The molecule has 30 heavy (non-hydrogen) atoms. The first-order valence-electron chi connectivity index (χ1n) is 10.1. The second-order valence-electron chi connectivity index (χ2n) is 9.20. The van der Waals surface area contributed by atoms with Crippen molar-refractivity contribution in [2.45, 2.75) is 51.9 Å². The van der Waals surface area contributed by atoms with Crippen LogP contribution in [0.25, 0.3) is 10.8 Å². The highest BCUT2D eigenvalue weighted by atomic mass is 28.4. The van der Waals surface area contributed by atoms with E-state index in [1.165, 1.54) is 17.4 Å². The van der Waals surface area contributed by atoms with E-state index < -0.39 is 8.32 Å². The Bertz CT molecular complexity index is 1100. The summed E-state index contributed by atoms with van der Waals surface area (Å²) < 4.78 is 13.0. The number of ether oxygens (including phenoxy) is 1. The van der Waals surface area contributed by atoms with Crippen LogP contribution in [0, 0.1) is 0 Å². The number of methoxy groups -OCH3 is 1. The van der Waals surface area contributed by atoms with Crippen molar-refractivity contribution in [3.8, 4) is 5.88 Å². The summed E-state index contributed by atoms with van der Waals surface area (Å²) in [5.74, 6) is 0.338. The number of aromatic nitrogens is 3. The molecule has 1 aromatic carbocycles. The normalized spacial score (nSPS) is 12.4. The predicted molar refractivity (Wildman–Crippen MR) is 123 cm³/mol. The van der Waals surface area contributed by atoms with Crippen LogP contribution in [0.4, 0.5) is 0 Å². The molecule has 7 heteroatoms. The van der Waals surface area contributed by atoms with Gasteiger partial charge in [-0.15, -0.1) is 0 Å². The maximum atomic E-state index is 12.4. The van der Waals surface area contributed by atoms with Crippen LogP contribution in [0.3, 0.4) is 0 Å². The van der Waals surface area contributed by atoms with Crippen molar-refractivity contribution in [3.05, 3.63) is 63.7 Å². The lowest BCUT2D eigenvalue weighted by Gasteiger charge is -2.36. The fraction of sp³-hybridized carbons (Fsp3) is 0.435. The zero-order valence-electron chi connectivity index (χ0n) is 18.9. The van der Waals surface area contributed by atoms with Gasteiger partial charge in [0.15, 0.2) is 8.32 Å². The molecule has 0 radical (unpaired) electrons. The van der Waals surface area contributed by atoms with E-state index in [2.05, 4.69) is 68.2 Å². The number of benzene rings is 1. The lowest BCUT2D eigenvalue weighted by molar-refractivity contribution is 0.276. The molecular weight excluding hydrogens is 394 g/mol. The van der Waals surface area contributed by atoms with Crippen LogP contribution in [0.15, 0.2) is 41.3 Å². The Labute approximate surface area is 179 Å². The van der Waals surface area contributed by atoms with Crippen molar-refractivity contribution in [1.29, 1.82) is 0 Å². The average Bonchev–Trinajstić information content (AvgIpc) is 2.69. The van der Waals surface area contributed by atoms with Crippen molar-refractivity contribution in [2.75, 3.05) is 7.11 Å². The van der Waals surface area contributed by atoms with E-state index in [9.17, 15) is 4.79 Å². The molecule has 0 bridgehead atoms. The Hall–Kier alpha value is -2.51. The van der Waals surface area contributed by atoms with Crippen LogP contribution >= 0.6 is 0 Å². The molecule has 0 saturated carbocycles. The summed E-state index contributed by atoms with van der Waals surface area (Å²) in [7, 11) is 1.38. The Morgan fingerprint density at radius 1 is 1.10 bits per heavy atom. The van der Waals surface area contributed by atoms with Gasteiger partial charge in [0.25, 0.3) is 5.56 Å². The van der Waals surface area contributed by atoms with Crippen LogP contribution in [0.1, 0.15) is 37.6 Å². The summed E-state index contributed by atoms with van der Waals surface area (Å²) in [4.78, 5) is 16.9. The van der Waals surface area contributed by atoms with Gasteiger partial charge in [0.1, 0.15) is 5.39 Å². The van der Waals surface area contributed by atoms with Gasteiger partial charge in [0.05, 0.1) is 19.9 Å². The second kappa shape index (κ2) is 8.32. The second-order valence-corrected chi connectivity index (χ2v) is 14.0. The molecule has 0 atom stereocenters. The summed E-state index contributed by atoms with van der Waals surface area (Å²) in [6.07, 6.45) is 2.32. The third-order valence-corrected chi connectivity index (χ3v) is 10.4. The standard InChI is InChI=1S/C23H31N3O3Si/c1-23(2,3)30(6,7)29-15-17-10-8-16(9-11-17)12-19-13-18-14-24-26(4)22(27)20(18)21(25-19)28-5/h8-11,13-14H,12,15H2,1-7H3. The van der Waals surface area contributed by atoms with Crippen molar-refractivity contribution in [3.63, 3.8) is 0 Å². The fourth-order valence-electron chi connectivity index (χ4n) is 2.95. The predicted octanol–water partition coefficient (Wildman–Crippen LogP) is 4.45. The number of hydrogen-bond acceptors (Lipinski definition) is 5. The number of hydrogen-bond donors (Lipinski definition) is 0. The van der Waals surface area contributed by atoms with Crippen molar-refractivity contribution in [1.82, 2.24) is 14.8 Å². The average molecular weight is 426 g/mol. The molecule has 0 fully saturated rings. The molecule has 0 saturated heterocycles. The largest absolute Gasteiger partial charge is 0.480 e. The third-order valence-electron chi connectivity index (χ3n) is 5.96. The Kier molecular flexibility index (Phi) is 6.15. The summed E-state index contributed by atoms with van der Waals surface area (Å²) in [5.41, 5.74) is 2.92. The molecule has 6 nitrogen and oxygen atoms in total. The van der Waals surface area contributed by atoms with Crippen LogP contribution < -0.4 is 10.3 Å². The molecule has 3 aromatic rings. The summed E-state index contributed by atoms with van der Waals surface area (Å²) in [5, 5.41) is 5.50. The van der Waals surface area contributed by atoms with Gasteiger partial charge in [-0.25, -0.2) is 9.67 Å². The zero-order valence-corrected chi connectivity index (χ0v) is 19.9. The number of nitrogens with zero attached hydrogens (tertiary/aromatic N) is 3. The Morgan fingerprint density at radius 2 is 1.73 bits per heavy atom. The smallest absolute Gasteiger partial charge is 0.279 e. The minimum absolute atomic E-state index is 0.198. The number of pyridine rings is 1. The highest BCUT2D eigenvalue weighted by Crippen LogP contribution is 2.37. The molecule has 0 aliphatic carbocycles. The van der Waals surface area contributed by atoms with Gasteiger partial charge in [-0.3, -0.25) is 4.79 Å². The van der Waals surface area contributed by atoms with Crippen LogP contribution in [0.5, 0.6) is 5.88 Å². The highest BCUT2D eigenvalue weighted by Gasteiger charge is 2.36. The monoisotopic (exact) mass is 425 g/mol. The summed E-state index contributed by atoms with van der Waals surface area (Å²) >= 11 is 0. The van der Waals surface area contributed by atoms with E-state index >= 15 is 0 Å². The van der Waals surface area contributed by atoms with Gasteiger partial charge in [0.2, 0.25) is 5.88 Å². The van der Waals surface area contributed by atoms with Gasteiger partial charge in [0, 0.05) is 24.5 Å². The van der Waals surface area contributed by atoms with Crippen molar-refractivity contribution in [2.24, 2.45) is 7.05 Å². The summed E-state index contributed by atoms with van der Waals surface area (Å²) in [6.45, 7) is 11.9. The van der Waals surface area contributed by atoms with E-state index in [4.69, 9.17) is 9.16 Å². The maximum Gasteiger partial charge on any atom is 0.279 e. The van der Waals surface area contributed by atoms with Gasteiger partial charge in [-0.05, 0) is 35.3 Å². The van der Waals surface area contributed by atoms with Crippen LogP contribution in [0.2, 0.25) is 18.1 Å². The first-order valence-corrected chi connectivity index (χ1v) is 13.0. The van der Waals surface area contributed by atoms with Crippen LogP contribution in [-0.4, -0.2) is 30.2 Å². The molecule has 0 aliphatic heterocycles. The van der Waals surface area contributed by atoms with Gasteiger partial charge in [-0.1, -0.05) is 45.0 Å². The first kappa shape index (κ1) is 22.2. The first-order chi connectivity index (χ1) is 14.0. The van der Waals surface area contributed by atoms with E-state index in [0.29, 0.717) is 24.3 Å². The third kappa shape index (κ3) is 4.62. The topological polar surface area (TPSA) is 66.2 Å². The number of fused-ring (bicyclic) bond motifs is 1. The van der Waals surface area contributed by atoms with Crippen LogP contribution in [-0.2, 0) is 24.5 Å². The highest BCUT2D eigenvalue weighted by molar-refractivity contribution is 6.74. The molecule has 2 heterocycles. The van der Waals surface area contributed by atoms with E-state index in [1.54, 1.807) is 13.2 Å². The number of aryl methyl sites for hydroxylation is 1. The summed E-state index contributed by atoms with van der Waals surface area (Å²) in [6, 6.07) is 10.3. The molecular formula is C23H31N3O3Si. The Morgan fingerprint density at radius 3 is 2.33 bits per heavy atom. The molecule has 2 aromatic heterocycles. The van der Waals surface area contributed by atoms with E-state index in [1.807, 2.05) is 6.07 Å². The minimum Gasteiger partial charge on any atom is -0.480 e. The van der Waals surface area contributed by atoms with Gasteiger partial charge in [-0.2, -0.15) is 5.10 Å². The minimum atomic E-state index is -1.76. The molecule has 0 unspecified atom stereocenters. The maximum absolute atomic E-state index is 12.4. The molecule has 0 N–H and O–H groups in total. The van der Waals surface area contributed by atoms with E-state index in [0.717, 1.165) is 16.6 Å². The quantitative estimate of drug-likeness (QED) is 0.546. The van der Waals surface area contributed by atoms with Crippen molar-refractivity contribution < 1.29 is 9.16 Å². The van der Waals surface area contributed by atoms with Gasteiger partial charge >= 0.3 is 0 Å². The molecule has 0 aliphatic rings. The lowest BCUT2D eigenvalue weighted by atomic mass is 10.1. The zero-order chi connectivity index (χ0) is 22.1. The molecule has 0 spiro atoms. The lowest BCUT2D eigenvalue weighted by Crippen LogP contribution is -2.40. The van der Waals surface area contributed by atoms with Crippen molar-refractivity contribution >= 4 is 19.1 Å².